The van der Waals surface area contributed by atoms with Crippen LogP contribution in [-0.2, 0) is 11.2 Å². The maximum Gasteiger partial charge on any atom is 0.314 e. The van der Waals surface area contributed by atoms with Crippen molar-refractivity contribution in [3.63, 3.8) is 0 Å². The molecule has 0 unspecified atom stereocenters. The fraction of sp³-hybridized carbons (Fsp3) is 0.588. The number of morpholine rings is 1. The van der Waals surface area contributed by atoms with Crippen LogP contribution in [0.3, 0.4) is 0 Å². The maximum absolute atomic E-state index is 11.7. The van der Waals surface area contributed by atoms with Crippen molar-refractivity contribution in [3.8, 4) is 0 Å². The Morgan fingerprint density at radius 2 is 1.82 bits per heavy atom. The summed E-state index contributed by atoms with van der Waals surface area (Å²) in [5, 5.41) is 5.81. The molecule has 1 aliphatic heterocycles. The van der Waals surface area contributed by atoms with Gasteiger partial charge in [-0.2, -0.15) is 0 Å². The number of carbonyl (C=O) groups excluding carboxylic acids is 1. The van der Waals surface area contributed by atoms with Gasteiger partial charge in [0.15, 0.2) is 0 Å². The number of hydrogen-bond donors (Lipinski definition) is 2. The van der Waals surface area contributed by atoms with Crippen LogP contribution in [-0.4, -0.2) is 56.9 Å². The van der Waals surface area contributed by atoms with Crippen molar-refractivity contribution in [2.24, 2.45) is 0 Å². The number of nitrogens with zero attached hydrogens (tertiary/aromatic N) is 1. The lowest BCUT2D eigenvalue weighted by molar-refractivity contribution is 0.0375. The van der Waals surface area contributed by atoms with Crippen molar-refractivity contribution in [2.45, 2.75) is 19.8 Å². The van der Waals surface area contributed by atoms with E-state index in [2.05, 4.69) is 46.7 Å². The van der Waals surface area contributed by atoms with Gasteiger partial charge >= 0.3 is 6.03 Å². The lowest BCUT2D eigenvalue weighted by atomic mass is 10.1. The van der Waals surface area contributed by atoms with Crippen LogP contribution in [0.1, 0.15) is 17.5 Å². The first-order valence-corrected chi connectivity index (χ1v) is 8.11. The van der Waals surface area contributed by atoms with Gasteiger partial charge in [-0.1, -0.05) is 29.8 Å². The van der Waals surface area contributed by atoms with Crippen molar-refractivity contribution >= 4 is 6.03 Å². The molecule has 122 valence electrons. The first kappa shape index (κ1) is 16.8. The Balaban J connectivity index is 1.49. The number of aryl methyl sites for hydroxylation is 1. The van der Waals surface area contributed by atoms with Gasteiger partial charge in [0.05, 0.1) is 13.2 Å². The van der Waals surface area contributed by atoms with Crippen molar-refractivity contribution in [2.75, 3.05) is 45.9 Å². The number of amides is 2. The van der Waals surface area contributed by atoms with Crippen LogP contribution in [0, 0.1) is 6.92 Å². The first-order chi connectivity index (χ1) is 10.7. The van der Waals surface area contributed by atoms with Crippen LogP contribution in [0.4, 0.5) is 4.79 Å². The zero-order valence-electron chi connectivity index (χ0n) is 13.4. The Labute approximate surface area is 133 Å². The number of benzene rings is 1. The molecule has 5 heteroatoms. The van der Waals surface area contributed by atoms with Crippen molar-refractivity contribution < 1.29 is 9.53 Å². The highest BCUT2D eigenvalue weighted by molar-refractivity contribution is 5.73. The van der Waals surface area contributed by atoms with Crippen LogP contribution in [0.2, 0.25) is 0 Å². The first-order valence-electron chi connectivity index (χ1n) is 8.11. The molecule has 2 N–H and O–H groups in total. The summed E-state index contributed by atoms with van der Waals surface area (Å²) in [4.78, 5) is 14.1. The molecule has 0 spiro atoms. The minimum absolute atomic E-state index is 0.0749. The van der Waals surface area contributed by atoms with Gasteiger partial charge in [0.1, 0.15) is 0 Å². The fourth-order valence-corrected chi connectivity index (χ4v) is 2.47. The molecule has 1 heterocycles. The Morgan fingerprint density at radius 1 is 1.14 bits per heavy atom. The van der Waals surface area contributed by atoms with Gasteiger partial charge in [0.25, 0.3) is 0 Å². The second-order valence-electron chi connectivity index (χ2n) is 5.73. The average molecular weight is 305 g/mol. The molecule has 1 fully saturated rings. The number of ether oxygens (including phenoxy) is 1. The van der Waals surface area contributed by atoms with Gasteiger partial charge in [-0.15, -0.1) is 0 Å². The number of urea groups is 1. The Morgan fingerprint density at radius 3 is 2.55 bits per heavy atom. The summed E-state index contributed by atoms with van der Waals surface area (Å²) in [6.07, 6.45) is 1.84. The van der Waals surface area contributed by atoms with Gasteiger partial charge < -0.3 is 15.4 Å². The van der Waals surface area contributed by atoms with E-state index in [1.54, 1.807) is 0 Å². The van der Waals surface area contributed by atoms with Crippen LogP contribution in [0.15, 0.2) is 24.3 Å². The van der Waals surface area contributed by atoms with Crippen molar-refractivity contribution in [1.82, 2.24) is 15.5 Å². The van der Waals surface area contributed by atoms with Crippen LogP contribution < -0.4 is 10.6 Å². The molecule has 22 heavy (non-hydrogen) atoms. The van der Waals surface area contributed by atoms with Crippen molar-refractivity contribution in [3.05, 3.63) is 35.4 Å². The highest BCUT2D eigenvalue weighted by Crippen LogP contribution is 2.03. The minimum atomic E-state index is -0.0749. The molecule has 0 radical (unpaired) electrons. The monoisotopic (exact) mass is 305 g/mol. The topological polar surface area (TPSA) is 53.6 Å². The van der Waals surface area contributed by atoms with E-state index in [4.69, 9.17) is 4.74 Å². The molecule has 2 rings (SSSR count). The number of nitrogens with one attached hydrogen (secondary N) is 2. The quantitative estimate of drug-likeness (QED) is 0.752. The molecular weight excluding hydrogens is 278 g/mol. The molecular formula is C17H27N3O2. The van der Waals surface area contributed by atoms with E-state index < -0.39 is 0 Å². The van der Waals surface area contributed by atoms with Crippen LogP contribution in [0.5, 0.6) is 0 Å². The Hall–Kier alpha value is -1.59. The standard InChI is InChI=1S/C17H27N3O2/c1-15-3-5-16(6-4-15)7-9-19-17(21)18-8-2-10-20-11-13-22-14-12-20/h3-6H,2,7-14H2,1H3,(H2,18,19,21). The molecule has 0 aliphatic carbocycles. The van der Waals surface area contributed by atoms with E-state index in [0.29, 0.717) is 13.1 Å². The van der Waals surface area contributed by atoms with Crippen molar-refractivity contribution in [1.29, 1.82) is 0 Å². The summed E-state index contributed by atoms with van der Waals surface area (Å²) in [5.41, 5.74) is 2.51. The zero-order valence-corrected chi connectivity index (χ0v) is 13.4. The number of carbonyl (C=O) groups is 1. The second-order valence-corrected chi connectivity index (χ2v) is 5.73. The lowest BCUT2D eigenvalue weighted by Crippen LogP contribution is -2.40. The third kappa shape index (κ3) is 6.45. The fourth-order valence-electron chi connectivity index (χ4n) is 2.47. The third-order valence-electron chi connectivity index (χ3n) is 3.86. The van der Waals surface area contributed by atoms with Crippen LogP contribution >= 0.6 is 0 Å². The van der Waals surface area contributed by atoms with E-state index in [1.807, 2.05) is 0 Å². The molecule has 1 aromatic rings. The average Bonchev–Trinajstić information content (AvgIpc) is 2.54. The van der Waals surface area contributed by atoms with Gasteiger partial charge in [0.2, 0.25) is 0 Å². The van der Waals surface area contributed by atoms with E-state index in [1.165, 1.54) is 11.1 Å². The Kier molecular flexibility index (Phi) is 7.19. The predicted octanol–water partition coefficient (Wildman–Crippen LogP) is 1.56. The molecule has 0 saturated carbocycles. The molecule has 5 nitrogen and oxygen atoms in total. The highest BCUT2D eigenvalue weighted by Gasteiger charge is 2.09. The molecule has 2 amide bonds. The van der Waals surface area contributed by atoms with Gasteiger partial charge in [-0.05, 0) is 31.9 Å². The summed E-state index contributed by atoms with van der Waals surface area (Å²) in [7, 11) is 0. The minimum Gasteiger partial charge on any atom is -0.379 e. The van der Waals surface area contributed by atoms with Gasteiger partial charge in [-0.25, -0.2) is 4.79 Å². The van der Waals surface area contributed by atoms with Gasteiger partial charge in [-0.3, -0.25) is 4.90 Å². The summed E-state index contributed by atoms with van der Waals surface area (Å²) >= 11 is 0. The van der Waals surface area contributed by atoms with E-state index in [9.17, 15) is 4.79 Å². The highest BCUT2D eigenvalue weighted by atomic mass is 16.5. The summed E-state index contributed by atoms with van der Waals surface area (Å²) in [5.74, 6) is 0. The molecule has 1 aromatic carbocycles. The third-order valence-corrected chi connectivity index (χ3v) is 3.86. The molecule has 0 atom stereocenters. The summed E-state index contributed by atoms with van der Waals surface area (Å²) < 4.78 is 5.31. The van der Waals surface area contributed by atoms with Gasteiger partial charge in [0, 0.05) is 26.2 Å². The van der Waals surface area contributed by atoms with E-state index in [0.717, 1.165) is 45.7 Å². The SMILES string of the molecule is Cc1ccc(CCNC(=O)NCCCN2CCOCC2)cc1. The number of hydrogen-bond acceptors (Lipinski definition) is 3. The molecule has 0 aromatic heterocycles. The van der Waals surface area contributed by atoms with Crippen LogP contribution in [0.25, 0.3) is 0 Å². The normalized spacial score (nSPS) is 15.5. The number of rotatable bonds is 7. The molecule has 1 saturated heterocycles. The smallest absolute Gasteiger partial charge is 0.314 e. The molecule has 0 bridgehead atoms. The predicted molar refractivity (Wildman–Crippen MR) is 88.2 cm³/mol. The largest absolute Gasteiger partial charge is 0.379 e. The Bertz CT molecular complexity index is 442. The zero-order chi connectivity index (χ0) is 15.6. The molecule has 1 aliphatic rings. The summed E-state index contributed by atoms with van der Waals surface area (Å²) in [6.45, 7) is 8.14. The second kappa shape index (κ2) is 9.43. The maximum atomic E-state index is 11.7. The van der Waals surface area contributed by atoms with E-state index >= 15 is 0 Å². The summed E-state index contributed by atoms with van der Waals surface area (Å²) in [6, 6.07) is 8.34. The van der Waals surface area contributed by atoms with E-state index in [-0.39, 0.29) is 6.03 Å². The lowest BCUT2D eigenvalue weighted by Gasteiger charge is -2.26.